The van der Waals surface area contributed by atoms with E-state index in [0.29, 0.717) is 13.0 Å². The van der Waals surface area contributed by atoms with Crippen LogP contribution in [0.3, 0.4) is 0 Å². The molecule has 126 valence electrons. The summed E-state index contributed by atoms with van der Waals surface area (Å²) in [6.45, 7) is 9.42. The van der Waals surface area contributed by atoms with Crippen molar-refractivity contribution in [1.29, 1.82) is 0 Å². The maximum absolute atomic E-state index is 11.9. The Labute approximate surface area is 131 Å². The van der Waals surface area contributed by atoms with Gasteiger partial charge < -0.3 is 20.9 Å². The van der Waals surface area contributed by atoms with E-state index in [9.17, 15) is 9.90 Å². The van der Waals surface area contributed by atoms with Crippen LogP contribution in [0, 0.1) is 13.8 Å². The Morgan fingerprint density at radius 3 is 2.45 bits per heavy atom. The number of aryl methyl sites for hydroxylation is 2. The number of hydrogen-bond donors (Lipinski definition) is 3. The van der Waals surface area contributed by atoms with Gasteiger partial charge in [-0.1, -0.05) is 0 Å². The monoisotopic (exact) mass is 312 g/mol. The Hall–Kier alpha value is -1.60. The first kappa shape index (κ1) is 18.4. The summed E-state index contributed by atoms with van der Waals surface area (Å²) in [5, 5.41) is 17.7. The molecule has 0 aliphatic rings. The zero-order valence-electron chi connectivity index (χ0n) is 14.3. The molecule has 0 radical (unpaired) electrons. The molecule has 7 nitrogen and oxygen atoms in total. The molecule has 0 bridgehead atoms. The van der Waals surface area contributed by atoms with E-state index >= 15 is 0 Å². The molecule has 0 aliphatic heterocycles. The normalized spacial score (nSPS) is 14.5. The number of aliphatic hydroxyl groups is 1. The Morgan fingerprint density at radius 1 is 1.45 bits per heavy atom. The summed E-state index contributed by atoms with van der Waals surface area (Å²) >= 11 is 0. The van der Waals surface area contributed by atoms with E-state index < -0.39 is 23.8 Å². The molecule has 0 fully saturated rings. The van der Waals surface area contributed by atoms with Crippen molar-refractivity contribution in [1.82, 2.24) is 15.1 Å². The molecule has 22 heavy (non-hydrogen) atoms. The van der Waals surface area contributed by atoms with Crippen LogP contribution in [-0.2, 0) is 11.8 Å². The quantitative estimate of drug-likeness (QED) is 0.761. The van der Waals surface area contributed by atoms with Crippen LogP contribution in [0.2, 0.25) is 0 Å². The number of alkyl carbamates (subject to hydrolysis) is 1. The number of carbonyl (C=O) groups excluding carboxylic acids is 1. The second kappa shape index (κ2) is 7.11. The fraction of sp³-hybridized carbons (Fsp3) is 0.733. The molecule has 0 saturated carbocycles. The van der Waals surface area contributed by atoms with Gasteiger partial charge in [-0.15, -0.1) is 0 Å². The lowest BCUT2D eigenvalue weighted by Crippen LogP contribution is -2.43. The van der Waals surface area contributed by atoms with Crippen LogP contribution in [-0.4, -0.2) is 39.2 Å². The summed E-state index contributed by atoms with van der Waals surface area (Å²) in [5.41, 5.74) is 7.33. The van der Waals surface area contributed by atoms with E-state index in [1.807, 2.05) is 20.9 Å². The minimum Gasteiger partial charge on any atom is -0.444 e. The van der Waals surface area contributed by atoms with Gasteiger partial charge in [0.1, 0.15) is 11.7 Å². The third-order valence-corrected chi connectivity index (χ3v) is 3.42. The van der Waals surface area contributed by atoms with Crippen LogP contribution < -0.4 is 11.1 Å². The predicted molar refractivity (Wildman–Crippen MR) is 84.5 cm³/mol. The molecule has 1 rings (SSSR count). The first-order valence-corrected chi connectivity index (χ1v) is 7.44. The maximum atomic E-state index is 11.9. The summed E-state index contributed by atoms with van der Waals surface area (Å²) < 4.78 is 6.95. The van der Waals surface area contributed by atoms with Crippen molar-refractivity contribution in [3.8, 4) is 0 Å². The lowest BCUT2D eigenvalue weighted by atomic mass is 9.98. The molecule has 0 saturated heterocycles. The van der Waals surface area contributed by atoms with Crippen molar-refractivity contribution in [2.75, 3.05) is 6.54 Å². The molecule has 7 heteroatoms. The smallest absolute Gasteiger partial charge is 0.407 e. The summed E-state index contributed by atoms with van der Waals surface area (Å²) in [6.07, 6.45) is -1.01. The van der Waals surface area contributed by atoms with Crippen molar-refractivity contribution < 1.29 is 14.6 Å². The second-order valence-electron chi connectivity index (χ2n) is 6.48. The number of nitrogens with zero attached hydrogens (tertiary/aromatic N) is 2. The molecule has 0 spiro atoms. The van der Waals surface area contributed by atoms with E-state index in [2.05, 4.69) is 10.4 Å². The van der Waals surface area contributed by atoms with Gasteiger partial charge in [-0.05, 0) is 47.6 Å². The van der Waals surface area contributed by atoms with Crippen LogP contribution in [0.15, 0.2) is 0 Å². The Bertz CT molecular complexity index is 520. The fourth-order valence-corrected chi connectivity index (χ4v) is 2.37. The van der Waals surface area contributed by atoms with Crippen molar-refractivity contribution >= 4 is 6.09 Å². The summed E-state index contributed by atoms with van der Waals surface area (Å²) in [4.78, 5) is 11.9. The molecule has 0 aliphatic carbocycles. The average Bonchev–Trinajstić information content (AvgIpc) is 2.59. The third kappa shape index (κ3) is 4.71. The lowest BCUT2D eigenvalue weighted by Gasteiger charge is -2.26. The van der Waals surface area contributed by atoms with Crippen LogP contribution in [0.25, 0.3) is 0 Å². The Morgan fingerprint density at radius 2 is 2.05 bits per heavy atom. The summed E-state index contributed by atoms with van der Waals surface area (Å²) in [7, 11) is 1.82. The van der Waals surface area contributed by atoms with Gasteiger partial charge >= 0.3 is 6.09 Å². The minimum absolute atomic E-state index is 0.343. The molecule has 2 atom stereocenters. The molecule has 1 heterocycles. The number of nitrogens with one attached hydrogen (secondary N) is 1. The van der Waals surface area contributed by atoms with Gasteiger partial charge in [0.15, 0.2) is 0 Å². The van der Waals surface area contributed by atoms with Gasteiger partial charge in [-0.25, -0.2) is 4.79 Å². The van der Waals surface area contributed by atoms with Gasteiger partial charge in [-0.2, -0.15) is 5.10 Å². The zero-order chi connectivity index (χ0) is 17.1. The Balaban J connectivity index is 2.92. The molecule has 1 aromatic rings. The minimum atomic E-state index is -0.884. The number of carbonyl (C=O) groups is 1. The number of aliphatic hydroxyl groups excluding tert-OH is 1. The first-order chi connectivity index (χ1) is 10.1. The molecule has 0 aromatic carbocycles. The van der Waals surface area contributed by atoms with Gasteiger partial charge in [0, 0.05) is 18.3 Å². The van der Waals surface area contributed by atoms with Crippen molar-refractivity contribution in [2.45, 2.75) is 58.8 Å². The molecule has 4 N–H and O–H groups in total. The van der Waals surface area contributed by atoms with Crippen LogP contribution in [0.5, 0.6) is 0 Å². The molecular formula is C15H28N4O3. The number of amides is 1. The van der Waals surface area contributed by atoms with Gasteiger partial charge in [0.2, 0.25) is 0 Å². The zero-order valence-corrected chi connectivity index (χ0v) is 14.3. The SMILES string of the molecule is Cc1nn(C)c(C)c1C(O)C(CCN)NC(=O)OC(C)(C)C. The largest absolute Gasteiger partial charge is 0.444 e. The number of nitrogens with two attached hydrogens (primary N) is 1. The molecule has 2 unspecified atom stereocenters. The van der Waals surface area contributed by atoms with Crippen molar-refractivity contribution in [3.63, 3.8) is 0 Å². The number of ether oxygens (including phenoxy) is 1. The maximum Gasteiger partial charge on any atom is 0.407 e. The van der Waals surface area contributed by atoms with Gasteiger partial charge in [-0.3, -0.25) is 4.68 Å². The molecule has 1 amide bonds. The van der Waals surface area contributed by atoms with E-state index in [4.69, 9.17) is 10.5 Å². The second-order valence-corrected chi connectivity index (χ2v) is 6.48. The highest BCUT2D eigenvalue weighted by Crippen LogP contribution is 2.25. The third-order valence-electron chi connectivity index (χ3n) is 3.42. The van der Waals surface area contributed by atoms with Gasteiger partial charge in [0.05, 0.1) is 11.7 Å². The summed E-state index contributed by atoms with van der Waals surface area (Å²) in [6, 6.07) is -0.526. The molecule has 1 aromatic heterocycles. The van der Waals surface area contributed by atoms with Crippen molar-refractivity contribution in [3.05, 3.63) is 17.0 Å². The van der Waals surface area contributed by atoms with Crippen LogP contribution >= 0.6 is 0 Å². The number of hydrogen-bond acceptors (Lipinski definition) is 5. The molecular weight excluding hydrogens is 284 g/mol. The Kier molecular flexibility index (Phi) is 5.96. The van der Waals surface area contributed by atoms with Gasteiger partial charge in [0.25, 0.3) is 0 Å². The highest BCUT2D eigenvalue weighted by molar-refractivity contribution is 5.68. The topological polar surface area (TPSA) is 102 Å². The number of aromatic nitrogens is 2. The number of rotatable bonds is 5. The highest BCUT2D eigenvalue weighted by Gasteiger charge is 2.28. The van der Waals surface area contributed by atoms with E-state index in [1.54, 1.807) is 25.5 Å². The fourth-order valence-electron chi connectivity index (χ4n) is 2.37. The van der Waals surface area contributed by atoms with Crippen LogP contribution in [0.1, 0.15) is 50.2 Å². The van der Waals surface area contributed by atoms with Crippen LogP contribution in [0.4, 0.5) is 4.79 Å². The standard InChI is InChI=1S/C15H28N4O3/c1-9-12(10(2)19(6)18-9)13(20)11(7-8-16)17-14(21)22-15(3,4)5/h11,13,20H,7-8,16H2,1-6H3,(H,17,21). The van der Waals surface area contributed by atoms with Crippen molar-refractivity contribution in [2.24, 2.45) is 12.8 Å². The lowest BCUT2D eigenvalue weighted by molar-refractivity contribution is 0.0414. The average molecular weight is 312 g/mol. The summed E-state index contributed by atoms with van der Waals surface area (Å²) in [5.74, 6) is 0. The van der Waals surface area contributed by atoms with E-state index in [0.717, 1.165) is 17.0 Å². The first-order valence-electron chi connectivity index (χ1n) is 7.44. The van der Waals surface area contributed by atoms with E-state index in [1.165, 1.54) is 0 Å². The highest BCUT2D eigenvalue weighted by atomic mass is 16.6. The van der Waals surface area contributed by atoms with E-state index in [-0.39, 0.29) is 0 Å². The predicted octanol–water partition coefficient (Wildman–Crippen LogP) is 1.31.